The Bertz CT molecular complexity index is 549. The first kappa shape index (κ1) is 20.6. The molecule has 1 aliphatic heterocycles. The van der Waals surface area contributed by atoms with E-state index in [1.54, 1.807) is 12.3 Å². The van der Waals surface area contributed by atoms with E-state index in [1.807, 2.05) is 0 Å². The van der Waals surface area contributed by atoms with Gasteiger partial charge in [0, 0.05) is 6.20 Å². The highest BCUT2D eigenvalue weighted by Crippen LogP contribution is 2.42. The summed E-state index contributed by atoms with van der Waals surface area (Å²) in [5.74, 6) is 0.781. The summed E-state index contributed by atoms with van der Waals surface area (Å²) >= 11 is 0. The van der Waals surface area contributed by atoms with Gasteiger partial charge in [0.05, 0.1) is 77.2 Å². The van der Waals surface area contributed by atoms with Crippen LogP contribution in [0, 0.1) is 0 Å². The van der Waals surface area contributed by atoms with Crippen molar-refractivity contribution in [1.82, 2.24) is 9.97 Å². The molecule has 27 heavy (non-hydrogen) atoms. The number of rotatable bonds is 12. The van der Waals surface area contributed by atoms with Crippen LogP contribution in [0.25, 0.3) is 0 Å². The van der Waals surface area contributed by atoms with Crippen LogP contribution in [0.15, 0.2) is 12.3 Å². The fourth-order valence-corrected chi connectivity index (χ4v) is 3.23. The van der Waals surface area contributed by atoms with Crippen molar-refractivity contribution in [2.75, 3.05) is 59.5 Å². The average Bonchev–Trinajstić information content (AvgIpc) is 2.69. The number of nitrogens with zero attached hydrogens (tertiary/aromatic N) is 2. The summed E-state index contributed by atoms with van der Waals surface area (Å²) in [4.78, 5) is 8.86. The summed E-state index contributed by atoms with van der Waals surface area (Å²) in [6.45, 7) is 5.08. The summed E-state index contributed by atoms with van der Waals surface area (Å²) in [7, 11) is 0. The summed E-state index contributed by atoms with van der Waals surface area (Å²) in [5.41, 5.74) is 0.538. The van der Waals surface area contributed by atoms with Gasteiger partial charge in [-0.2, -0.15) is 0 Å². The zero-order valence-corrected chi connectivity index (χ0v) is 15.8. The monoisotopic (exact) mass is 382 g/mol. The van der Waals surface area contributed by atoms with Crippen molar-refractivity contribution in [1.29, 1.82) is 0 Å². The number of hydrogen-bond acceptors (Lipinski definition) is 8. The van der Waals surface area contributed by atoms with Gasteiger partial charge in [0.15, 0.2) is 0 Å². The Morgan fingerprint density at radius 2 is 1.93 bits per heavy atom. The first-order valence-corrected chi connectivity index (χ1v) is 9.68. The van der Waals surface area contributed by atoms with Gasteiger partial charge in [0.25, 0.3) is 0 Å². The Morgan fingerprint density at radius 1 is 1.11 bits per heavy atom. The molecular weight excluding hydrogens is 352 g/mol. The Balaban J connectivity index is 1.25. The highest BCUT2D eigenvalue weighted by atomic mass is 16.6. The normalized spacial score (nSPS) is 21.7. The van der Waals surface area contributed by atoms with Crippen molar-refractivity contribution < 1.29 is 28.8 Å². The number of aliphatic hydroxyl groups excluding tert-OH is 1. The van der Waals surface area contributed by atoms with E-state index < -0.39 is 0 Å². The van der Waals surface area contributed by atoms with Crippen LogP contribution in [-0.4, -0.2) is 80.6 Å². The molecule has 3 rings (SSSR count). The minimum atomic E-state index is -0.115. The maximum Gasteiger partial charge on any atom is 0.137 e. The molecule has 152 valence electrons. The maximum atomic E-state index is 9.27. The SMILES string of the molecule is OCc1ccnc(C2(COCCOCCOCC3COCCO3)CCC2)n1. The van der Waals surface area contributed by atoms with Gasteiger partial charge in [0.1, 0.15) is 11.9 Å². The quantitative estimate of drug-likeness (QED) is 0.532. The Kier molecular flexibility index (Phi) is 8.37. The molecule has 1 aromatic heterocycles. The lowest BCUT2D eigenvalue weighted by atomic mass is 9.68. The van der Waals surface area contributed by atoms with E-state index in [-0.39, 0.29) is 18.1 Å². The van der Waals surface area contributed by atoms with Crippen LogP contribution in [0.2, 0.25) is 0 Å². The van der Waals surface area contributed by atoms with E-state index in [2.05, 4.69) is 9.97 Å². The maximum absolute atomic E-state index is 9.27. The molecule has 2 aliphatic rings. The highest BCUT2D eigenvalue weighted by Gasteiger charge is 2.41. The molecule has 1 aliphatic carbocycles. The summed E-state index contributed by atoms with van der Waals surface area (Å²) in [6, 6.07) is 1.74. The predicted molar refractivity (Wildman–Crippen MR) is 96.5 cm³/mol. The second-order valence-corrected chi connectivity index (χ2v) is 6.97. The molecule has 8 nitrogen and oxygen atoms in total. The lowest BCUT2D eigenvalue weighted by molar-refractivity contribution is -0.118. The van der Waals surface area contributed by atoms with Gasteiger partial charge in [-0.3, -0.25) is 0 Å². The number of ether oxygens (including phenoxy) is 5. The third-order valence-corrected chi connectivity index (χ3v) is 4.97. The van der Waals surface area contributed by atoms with E-state index in [4.69, 9.17) is 23.7 Å². The Morgan fingerprint density at radius 3 is 2.63 bits per heavy atom. The highest BCUT2D eigenvalue weighted by molar-refractivity contribution is 5.15. The first-order valence-electron chi connectivity index (χ1n) is 9.68. The topological polar surface area (TPSA) is 92.2 Å². The van der Waals surface area contributed by atoms with E-state index in [0.29, 0.717) is 65.2 Å². The fraction of sp³-hybridized carbons (Fsp3) is 0.789. The van der Waals surface area contributed by atoms with Crippen LogP contribution in [0.4, 0.5) is 0 Å². The molecule has 1 unspecified atom stereocenters. The van der Waals surface area contributed by atoms with Crippen molar-refractivity contribution >= 4 is 0 Å². The number of hydrogen-bond donors (Lipinski definition) is 1. The van der Waals surface area contributed by atoms with Gasteiger partial charge in [-0.15, -0.1) is 0 Å². The van der Waals surface area contributed by atoms with Crippen molar-refractivity contribution in [2.45, 2.75) is 37.4 Å². The molecule has 0 radical (unpaired) electrons. The van der Waals surface area contributed by atoms with Crippen LogP contribution >= 0.6 is 0 Å². The largest absolute Gasteiger partial charge is 0.390 e. The number of aromatic nitrogens is 2. The van der Waals surface area contributed by atoms with Crippen LogP contribution in [-0.2, 0) is 35.7 Å². The zero-order chi connectivity index (χ0) is 18.8. The molecule has 2 fully saturated rings. The van der Waals surface area contributed by atoms with Gasteiger partial charge in [-0.25, -0.2) is 9.97 Å². The summed E-state index contributed by atoms with van der Waals surface area (Å²) < 4.78 is 27.7. The molecule has 1 saturated carbocycles. The van der Waals surface area contributed by atoms with E-state index in [1.165, 1.54) is 0 Å². The van der Waals surface area contributed by atoms with Crippen molar-refractivity contribution in [3.63, 3.8) is 0 Å². The van der Waals surface area contributed by atoms with E-state index in [9.17, 15) is 5.11 Å². The molecule has 1 N–H and O–H groups in total. The molecule has 1 saturated heterocycles. The lowest BCUT2D eigenvalue weighted by Crippen LogP contribution is -2.41. The smallest absolute Gasteiger partial charge is 0.137 e. The van der Waals surface area contributed by atoms with Gasteiger partial charge in [0.2, 0.25) is 0 Å². The molecular formula is C19H30N2O6. The van der Waals surface area contributed by atoms with Crippen LogP contribution in [0.1, 0.15) is 30.8 Å². The standard InChI is InChI=1S/C19H30N2O6/c22-12-16-2-5-20-18(21-16)19(3-1-4-19)15-26-9-7-23-6-8-24-13-17-14-25-10-11-27-17/h2,5,17,22H,1,3-4,6-15H2. The lowest BCUT2D eigenvalue weighted by Gasteiger charge is -2.40. The average molecular weight is 382 g/mol. The van der Waals surface area contributed by atoms with Gasteiger partial charge in [-0.05, 0) is 18.9 Å². The van der Waals surface area contributed by atoms with Gasteiger partial charge >= 0.3 is 0 Å². The molecule has 0 bridgehead atoms. The summed E-state index contributed by atoms with van der Waals surface area (Å²) in [6.07, 6.45) is 4.93. The van der Waals surface area contributed by atoms with Gasteiger partial charge < -0.3 is 28.8 Å². The Hall–Kier alpha value is -1.16. The molecule has 1 aromatic rings. The summed E-state index contributed by atoms with van der Waals surface area (Å²) in [5, 5.41) is 9.27. The third kappa shape index (κ3) is 6.17. The minimum Gasteiger partial charge on any atom is -0.390 e. The van der Waals surface area contributed by atoms with Gasteiger partial charge in [-0.1, -0.05) is 6.42 Å². The Labute approximate surface area is 160 Å². The van der Waals surface area contributed by atoms with Crippen LogP contribution < -0.4 is 0 Å². The minimum absolute atomic E-state index is 0.0345. The van der Waals surface area contributed by atoms with Crippen molar-refractivity contribution in [2.24, 2.45) is 0 Å². The second-order valence-electron chi connectivity index (χ2n) is 6.97. The predicted octanol–water partition coefficient (Wildman–Crippen LogP) is 0.856. The number of aliphatic hydroxyl groups is 1. The van der Waals surface area contributed by atoms with Crippen molar-refractivity contribution in [3.8, 4) is 0 Å². The third-order valence-electron chi connectivity index (χ3n) is 4.97. The molecule has 2 heterocycles. The second kappa shape index (κ2) is 11.0. The molecule has 1 atom stereocenters. The first-order chi connectivity index (χ1) is 13.3. The molecule has 0 amide bonds. The fourth-order valence-electron chi connectivity index (χ4n) is 3.23. The van der Waals surface area contributed by atoms with E-state index in [0.717, 1.165) is 25.1 Å². The van der Waals surface area contributed by atoms with E-state index >= 15 is 0 Å². The molecule has 0 spiro atoms. The molecule has 0 aromatic carbocycles. The zero-order valence-electron chi connectivity index (χ0n) is 15.8. The van der Waals surface area contributed by atoms with Crippen LogP contribution in [0.3, 0.4) is 0 Å². The molecule has 8 heteroatoms. The van der Waals surface area contributed by atoms with Crippen molar-refractivity contribution in [3.05, 3.63) is 23.8 Å². The van der Waals surface area contributed by atoms with Crippen LogP contribution in [0.5, 0.6) is 0 Å².